The van der Waals surface area contributed by atoms with Gasteiger partial charge in [0.2, 0.25) is 0 Å². The summed E-state index contributed by atoms with van der Waals surface area (Å²) in [5.41, 5.74) is 4.73. The standard InChI is InChI=1S/C17H15N5O/c23-17-21-14-9-18-8-10(16(14)22(17)11-5-6-11)7-15-19-12-3-1-2-4-13(12)20-15/h1-4,8-9,11H,5-7H2,(H,19,20)(H,21,23). The van der Waals surface area contributed by atoms with Gasteiger partial charge in [-0.15, -0.1) is 0 Å². The third-order valence-corrected chi connectivity index (χ3v) is 4.40. The number of pyridine rings is 1. The molecule has 5 rings (SSSR count). The van der Waals surface area contributed by atoms with Crippen LogP contribution in [0.5, 0.6) is 0 Å². The van der Waals surface area contributed by atoms with Gasteiger partial charge in [-0.1, -0.05) is 12.1 Å². The highest BCUT2D eigenvalue weighted by Crippen LogP contribution is 2.36. The lowest BCUT2D eigenvalue weighted by Crippen LogP contribution is -2.15. The number of fused-ring (bicyclic) bond motifs is 2. The molecule has 0 spiro atoms. The molecule has 1 fully saturated rings. The summed E-state index contributed by atoms with van der Waals surface area (Å²) in [5, 5.41) is 0. The highest BCUT2D eigenvalue weighted by molar-refractivity contribution is 5.79. The number of hydrogen-bond acceptors (Lipinski definition) is 3. The summed E-state index contributed by atoms with van der Waals surface area (Å²) in [6, 6.07) is 8.30. The van der Waals surface area contributed by atoms with E-state index in [-0.39, 0.29) is 5.69 Å². The number of hydrogen-bond donors (Lipinski definition) is 2. The first-order valence-electron chi connectivity index (χ1n) is 7.80. The van der Waals surface area contributed by atoms with E-state index < -0.39 is 0 Å². The Labute approximate surface area is 131 Å². The maximum atomic E-state index is 12.2. The van der Waals surface area contributed by atoms with Gasteiger partial charge in [-0.3, -0.25) is 9.55 Å². The summed E-state index contributed by atoms with van der Waals surface area (Å²) in [6.07, 6.45) is 6.32. The molecule has 6 heteroatoms. The molecule has 4 aromatic rings. The molecule has 1 aliphatic rings. The van der Waals surface area contributed by atoms with E-state index in [4.69, 9.17) is 0 Å². The molecule has 0 amide bonds. The molecule has 23 heavy (non-hydrogen) atoms. The number of nitrogens with zero attached hydrogens (tertiary/aromatic N) is 3. The minimum absolute atomic E-state index is 0.0404. The van der Waals surface area contributed by atoms with Gasteiger partial charge in [0.1, 0.15) is 5.82 Å². The number of rotatable bonds is 3. The lowest BCUT2D eigenvalue weighted by atomic mass is 10.1. The largest absolute Gasteiger partial charge is 0.342 e. The molecule has 3 aromatic heterocycles. The van der Waals surface area contributed by atoms with Gasteiger partial charge in [0.05, 0.1) is 28.3 Å². The van der Waals surface area contributed by atoms with Crippen molar-refractivity contribution in [2.45, 2.75) is 25.3 Å². The van der Waals surface area contributed by atoms with Crippen molar-refractivity contribution in [2.75, 3.05) is 0 Å². The number of H-pyrrole nitrogens is 2. The third-order valence-electron chi connectivity index (χ3n) is 4.40. The van der Waals surface area contributed by atoms with Gasteiger partial charge in [-0.05, 0) is 25.0 Å². The summed E-state index contributed by atoms with van der Waals surface area (Å²) in [5.74, 6) is 0.886. The second-order valence-electron chi connectivity index (χ2n) is 6.10. The SMILES string of the molecule is O=c1[nH]c2cncc(Cc3nc4ccccc4[nH]3)c2n1C1CC1. The van der Waals surface area contributed by atoms with E-state index >= 15 is 0 Å². The van der Waals surface area contributed by atoms with Crippen LogP contribution in [0.4, 0.5) is 0 Å². The molecule has 0 aliphatic heterocycles. The molecule has 3 heterocycles. The lowest BCUT2D eigenvalue weighted by molar-refractivity contribution is 0.730. The molecular weight excluding hydrogens is 290 g/mol. The van der Waals surface area contributed by atoms with Gasteiger partial charge in [-0.25, -0.2) is 9.78 Å². The van der Waals surface area contributed by atoms with E-state index in [9.17, 15) is 4.79 Å². The summed E-state index contributed by atoms with van der Waals surface area (Å²) in [7, 11) is 0. The van der Waals surface area contributed by atoms with E-state index in [1.54, 1.807) is 6.20 Å². The van der Waals surface area contributed by atoms with Crippen LogP contribution in [-0.4, -0.2) is 24.5 Å². The highest BCUT2D eigenvalue weighted by Gasteiger charge is 2.28. The number of imidazole rings is 2. The fraction of sp³-hybridized carbons (Fsp3) is 0.235. The fourth-order valence-electron chi connectivity index (χ4n) is 3.23. The summed E-state index contributed by atoms with van der Waals surface area (Å²) in [6.45, 7) is 0. The van der Waals surface area contributed by atoms with Gasteiger partial charge in [-0.2, -0.15) is 0 Å². The number of aromatic amines is 2. The zero-order valence-electron chi connectivity index (χ0n) is 12.4. The van der Waals surface area contributed by atoms with Crippen LogP contribution in [0, 0.1) is 0 Å². The second-order valence-corrected chi connectivity index (χ2v) is 6.10. The number of para-hydroxylation sites is 2. The molecule has 0 unspecified atom stereocenters. The van der Waals surface area contributed by atoms with Crippen molar-refractivity contribution >= 4 is 22.1 Å². The Morgan fingerprint density at radius 3 is 2.83 bits per heavy atom. The molecule has 1 aromatic carbocycles. The summed E-state index contributed by atoms with van der Waals surface area (Å²) < 4.78 is 1.88. The maximum absolute atomic E-state index is 12.2. The van der Waals surface area contributed by atoms with Crippen molar-refractivity contribution in [3.05, 3.63) is 58.5 Å². The predicted molar refractivity (Wildman–Crippen MR) is 87.5 cm³/mol. The van der Waals surface area contributed by atoms with Crippen LogP contribution in [0.1, 0.15) is 30.3 Å². The Bertz CT molecular complexity index is 1050. The van der Waals surface area contributed by atoms with Crippen molar-refractivity contribution in [3.63, 3.8) is 0 Å². The minimum Gasteiger partial charge on any atom is -0.342 e. The van der Waals surface area contributed by atoms with Crippen LogP contribution >= 0.6 is 0 Å². The average molecular weight is 305 g/mol. The quantitative estimate of drug-likeness (QED) is 0.610. The Kier molecular flexibility index (Phi) is 2.50. The molecule has 6 nitrogen and oxygen atoms in total. The fourth-order valence-corrected chi connectivity index (χ4v) is 3.23. The molecule has 2 N–H and O–H groups in total. The van der Waals surface area contributed by atoms with Crippen molar-refractivity contribution in [1.82, 2.24) is 24.5 Å². The van der Waals surface area contributed by atoms with Crippen molar-refractivity contribution < 1.29 is 0 Å². The van der Waals surface area contributed by atoms with Gasteiger partial charge in [0.25, 0.3) is 0 Å². The normalized spacial score (nSPS) is 14.8. The smallest absolute Gasteiger partial charge is 0.326 e. The van der Waals surface area contributed by atoms with E-state index in [1.165, 1.54) is 0 Å². The van der Waals surface area contributed by atoms with Crippen LogP contribution in [0.2, 0.25) is 0 Å². The molecule has 1 saturated carbocycles. The first-order chi connectivity index (χ1) is 11.3. The Morgan fingerprint density at radius 2 is 2.00 bits per heavy atom. The first-order valence-corrected chi connectivity index (χ1v) is 7.80. The molecule has 0 bridgehead atoms. The minimum atomic E-state index is -0.0404. The summed E-state index contributed by atoms with van der Waals surface area (Å²) in [4.78, 5) is 27.4. The lowest BCUT2D eigenvalue weighted by Gasteiger charge is -2.05. The number of aromatic nitrogens is 5. The van der Waals surface area contributed by atoms with Crippen LogP contribution < -0.4 is 5.69 Å². The zero-order chi connectivity index (χ0) is 15.4. The van der Waals surface area contributed by atoms with Gasteiger partial charge < -0.3 is 9.97 Å². The van der Waals surface area contributed by atoms with Gasteiger partial charge in [0.15, 0.2) is 0 Å². The van der Waals surface area contributed by atoms with Crippen molar-refractivity contribution in [2.24, 2.45) is 0 Å². The van der Waals surface area contributed by atoms with Crippen LogP contribution in [0.25, 0.3) is 22.1 Å². The van der Waals surface area contributed by atoms with Crippen molar-refractivity contribution in [3.8, 4) is 0 Å². The topological polar surface area (TPSA) is 79.4 Å². The van der Waals surface area contributed by atoms with E-state index in [0.29, 0.717) is 12.5 Å². The highest BCUT2D eigenvalue weighted by atomic mass is 16.1. The van der Waals surface area contributed by atoms with Gasteiger partial charge in [0, 0.05) is 24.2 Å². The van der Waals surface area contributed by atoms with Crippen LogP contribution in [0.15, 0.2) is 41.5 Å². The Morgan fingerprint density at radius 1 is 1.13 bits per heavy atom. The van der Waals surface area contributed by atoms with E-state index in [2.05, 4.69) is 19.9 Å². The van der Waals surface area contributed by atoms with Crippen LogP contribution in [-0.2, 0) is 6.42 Å². The molecular formula is C17H15N5O. The molecule has 114 valence electrons. The predicted octanol–water partition coefficient (Wildman–Crippen LogP) is 2.53. The van der Waals surface area contributed by atoms with Gasteiger partial charge >= 0.3 is 5.69 Å². The summed E-state index contributed by atoms with van der Waals surface area (Å²) >= 11 is 0. The Hall–Kier alpha value is -2.89. The molecule has 0 saturated heterocycles. The average Bonchev–Trinajstić information content (AvgIpc) is 3.19. The van der Waals surface area contributed by atoms with Crippen molar-refractivity contribution in [1.29, 1.82) is 0 Å². The third kappa shape index (κ3) is 1.98. The molecule has 0 atom stereocenters. The maximum Gasteiger partial charge on any atom is 0.326 e. The monoisotopic (exact) mass is 305 g/mol. The Balaban J connectivity index is 1.66. The van der Waals surface area contributed by atoms with E-state index in [1.807, 2.05) is 35.0 Å². The molecule has 1 aliphatic carbocycles. The zero-order valence-corrected chi connectivity index (χ0v) is 12.4. The number of benzene rings is 1. The van der Waals surface area contributed by atoms with E-state index in [0.717, 1.165) is 46.3 Å². The second kappa shape index (κ2) is 4.55. The first kappa shape index (κ1) is 12.6. The van der Waals surface area contributed by atoms with Crippen LogP contribution in [0.3, 0.4) is 0 Å². The number of nitrogens with one attached hydrogen (secondary N) is 2. The molecule has 0 radical (unpaired) electrons.